The van der Waals surface area contributed by atoms with Crippen molar-refractivity contribution in [2.45, 2.75) is 19.4 Å². The summed E-state index contributed by atoms with van der Waals surface area (Å²) in [5.41, 5.74) is 7.35. The fraction of sp³-hybridized carbons (Fsp3) is 0.121. The van der Waals surface area contributed by atoms with E-state index in [0.29, 0.717) is 12.0 Å². The molecule has 6 rings (SSSR count). The van der Waals surface area contributed by atoms with E-state index in [2.05, 4.69) is 34.1 Å². The number of rotatable bonds is 5. The fourth-order valence-corrected chi connectivity index (χ4v) is 5.62. The number of aromatic nitrogens is 1. The lowest BCUT2D eigenvalue weighted by atomic mass is 9.89. The molecule has 0 saturated carbocycles. The van der Waals surface area contributed by atoms with Gasteiger partial charge in [0.1, 0.15) is 5.75 Å². The topological polar surface area (TPSA) is 54.8 Å². The van der Waals surface area contributed by atoms with Crippen molar-refractivity contribution in [3.8, 4) is 16.9 Å². The number of benzene rings is 4. The molecule has 0 N–H and O–H groups in total. The molecule has 0 fully saturated rings. The van der Waals surface area contributed by atoms with Gasteiger partial charge < -0.3 is 4.74 Å². The third kappa shape index (κ3) is 4.72. The quantitative estimate of drug-likeness (QED) is 0.213. The summed E-state index contributed by atoms with van der Waals surface area (Å²) >= 11 is 3.65. The first-order chi connectivity index (χ1) is 19.0. The SMILES string of the molecule is COc1ccc([C@@H]2CC(c3c(C)nc4ccc(Br)cc4c3-c3ccccc3)=NN2C(=O)c2ccccc2)cc1. The maximum absolute atomic E-state index is 13.8. The van der Waals surface area contributed by atoms with Crippen LogP contribution in [0.2, 0.25) is 0 Å². The third-order valence-electron chi connectivity index (χ3n) is 7.12. The number of hydrogen-bond acceptors (Lipinski definition) is 4. The minimum Gasteiger partial charge on any atom is -0.497 e. The molecule has 1 aliphatic rings. The number of methoxy groups -OCH3 is 1. The Balaban J connectivity index is 1.55. The van der Waals surface area contributed by atoms with Crippen LogP contribution in [0.25, 0.3) is 22.0 Å². The second-order valence-electron chi connectivity index (χ2n) is 9.53. The molecule has 2 heterocycles. The van der Waals surface area contributed by atoms with Crippen LogP contribution in [0.3, 0.4) is 0 Å². The van der Waals surface area contributed by atoms with Crippen LogP contribution in [0.4, 0.5) is 0 Å². The molecule has 0 radical (unpaired) electrons. The number of halogens is 1. The van der Waals surface area contributed by atoms with E-state index in [4.69, 9.17) is 14.8 Å². The predicted molar refractivity (Wildman–Crippen MR) is 159 cm³/mol. The summed E-state index contributed by atoms with van der Waals surface area (Å²) in [5.74, 6) is 0.632. The van der Waals surface area contributed by atoms with Crippen LogP contribution in [-0.4, -0.2) is 28.7 Å². The molecule has 0 saturated heterocycles. The molecular weight excluding hydrogens is 550 g/mol. The van der Waals surface area contributed by atoms with Gasteiger partial charge in [-0.25, -0.2) is 5.01 Å². The van der Waals surface area contributed by atoms with Crippen molar-refractivity contribution in [1.29, 1.82) is 0 Å². The average Bonchev–Trinajstić information content (AvgIpc) is 3.42. The first-order valence-corrected chi connectivity index (χ1v) is 13.6. The lowest BCUT2D eigenvalue weighted by molar-refractivity contribution is 0.0711. The standard InChI is InChI=1S/C33H26BrN3O2/c1-21-31(32(23-9-5-3-6-10-23)27-19-25(34)15-18-28(27)35-21)29-20-30(22-13-16-26(39-2)17-14-22)37(36-29)33(38)24-11-7-4-8-12-24/h3-19,30H,20H2,1-2H3/t30-/m0/s1. The van der Waals surface area contributed by atoms with Gasteiger partial charge in [0.25, 0.3) is 5.91 Å². The lowest BCUT2D eigenvalue weighted by Crippen LogP contribution is -2.27. The number of carbonyl (C=O) groups excluding carboxylic acids is 1. The minimum absolute atomic E-state index is 0.137. The Hall–Kier alpha value is -4.29. The third-order valence-corrected chi connectivity index (χ3v) is 7.61. The fourth-order valence-electron chi connectivity index (χ4n) is 5.26. The molecular formula is C33H26BrN3O2. The van der Waals surface area contributed by atoms with Gasteiger partial charge in [0.15, 0.2) is 0 Å². The van der Waals surface area contributed by atoms with E-state index in [9.17, 15) is 4.79 Å². The summed E-state index contributed by atoms with van der Waals surface area (Å²) in [7, 11) is 1.65. The van der Waals surface area contributed by atoms with Gasteiger partial charge in [0.2, 0.25) is 0 Å². The van der Waals surface area contributed by atoms with E-state index in [1.54, 1.807) is 12.1 Å². The summed E-state index contributed by atoms with van der Waals surface area (Å²) in [6, 6.07) is 33.4. The van der Waals surface area contributed by atoms with Crippen LogP contribution >= 0.6 is 15.9 Å². The van der Waals surface area contributed by atoms with E-state index in [1.165, 1.54) is 0 Å². The normalized spacial score (nSPS) is 14.9. The van der Waals surface area contributed by atoms with Crippen molar-refractivity contribution in [2.75, 3.05) is 7.11 Å². The van der Waals surface area contributed by atoms with Crippen molar-refractivity contribution in [2.24, 2.45) is 5.10 Å². The van der Waals surface area contributed by atoms with Gasteiger partial charge >= 0.3 is 0 Å². The van der Waals surface area contributed by atoms with Gasteiger partial charge in [-0.05, 0) is 60.5 Å². The molecule has 0 aliphatic carbocycles. The zero-order chi connectivity index (χ0) is 26.9. The summed E-state index contributed by atoms with van der Waals surface area (Å²) in [6.45, 7) is 2.02. The number of fused-ring (bicyclic) bond motifs is 1. The Labute approximate surface area is 235 Å². The molecule has 0 unspecified atom stereocenters. The van der Waals surface area contributed by atoms with Crippen molar-refractivity contribution in [3.63, 3.8) is 0 Å². The zero-order valence-electron chi connectivity index (χ0n) is 21.6. The van der Waals surface area contributed by atoms with E-state index in [-0.39, 0.29) is 11.9 Å². The number of carbonyl (C=O) groups is 1. The number of hydrogen-bond donors (Lipinski definition) is 0. The zero-order valence-corrected chi connectivity index (χ0v) is 23.2. The maximum Gasteiger partial charge on any atom is 0.274 e. The number of aryl methyl sites for hydroxylation is 1. The van der Waals surface area contributed by atoms with E-state index < -0.39 is 0 Å². The Morgan fingerprint density at radius 2 is 1.59 bits per heavy atom. The van der Waals surface area contributed by atoms with E-state index in [1.807, 2.05) is 91.9 Å². The van der Waals surface area contributed by atoms with Gasteiger partial charge in [-0.2, -0.15) is 5.10 Å². The maximum atomic E-state index is 13.8. The Bertz CT molecular complexity index is 1700. The first kappa shape index (κ1) is 25.0. The number of amides is 1. The number of nitrogens with zero attached hydrogens (tertiary/aromatic N) is 3. The molecule has 4 aromatic carbocycles. The monoisotopic (exact) mass is 575 g/mol. The van der Waals surface area contributed by atoms with Crippen molar-refractivity contribution < 1.29 is 9.53 Å². The lowest BCUT2D eigenvalue weighted by Gasteiger charge is -2.22. The van der Waals surface area contributed by atoms with Gasteiger partial charge in [-0.1, -0.05) is 76.6 Å². The molecule has 0 spiro atoms. The average molecular weight is 576 g/mol. The first-order valence-electron chi connectivity index (χ1n) is 12.8. The van der Waals surface area contributed by atoms with Gasteiger partial charge in [-0.15, -0.1) is 0 Å². The van der Waals surface area contributed by atoms with Crippen LogP contribution in [0.5, 0.6) is 5.75 Å². The smallest absolute Gasteiger partial charge is 0.274 e. The molecule has 192 valence electrons. The van der Waals surface area contributed by atoms with Gasteiger partial charge in [0.05, 0.1) is 24.4 Å². The Morgan fingerprint density at radius 3 is 2.28 bits per heavy atom. The summed E-state index contributed by atoms with van der Waals surface area (Å²) in [6.07, 6.45) is 0.562. The summed E-state index contributed by atoms with van der Waals surface area (Å²) in [5, 5.41) is 7.69. The molecule has 5 aromatic rings. The van der Waals surface area contributed by atoms with E-state index in [0.717, 1.165) is 54.8 Å². The van der Waals surface area contributed by atoms with Gasteiger partial charge in [-0.3, -0.25) is 9.78 Å². The highest BCUT2D eigenvalue weighted by atomic mass is 79.9. The highest BCUT2D eigenvalue weighted by Gasteiger charge is 2.35. The van der Waals surface area contributed by atoms with Crippen molar-refractivity contribution >= 4 is 38.5 Å². The molecule has 5 nitrogen and oxygen atoms in total. The molecule has 1 atom stereocenters. The molecule has 39 heavy (non-hydrogen) atoms. The van der Waals surface area contributed by atoms with Crippen LogP contribution < -0.4 is 4.74 Å². The highest BCUT2D eigenvalue weighted by molar-refractivity contribution is 9.10. The largest absolute Gasteiger partial charge is 0.497 e. The van der Waals surface area contributed by atoms with E-state index >= 15 is 0 Å². The summed E-state index contributed by atoms with van der Waals surface area (Å²) in [4.78, 5) is 18.8. The van der Waals surface area contributed by atoms with Gasteiger partial charge in [0, 0.05) is 38.7 Å². The molecule has 1 amide bonds. The van der Waals surface area contributed by atoms with Crippen molar-refractivity contribution in [3.05, 3.63) is 130 Å². The Morgan fingerprint density at radius 1 is 0.897 bits per heavy atom. The molecule has 6 heteroatoms. The van der Waals surface area contributed by atoms with Crippen molar-refractivity contribution in [1.82, 2.24) is 9.99 Å². The second kappa shape index (κ2) is 10.5. The Kier molecular flexibility index (Phi) is 6.71. The number of pyridine rings is 1. The second-order valence-corrected chi connectivity index (χ2v) is 10.4. The van der Waals surface area contributed by atoms with Crippen LogP contribution in [-0.2, 0) is 0 Å². The molecule has 1 aliphatic heterocycles. The molecule has 0 bridgehead atoms. The summed E-state index contributed by atoms with van der Waals surface area (Å²) < 4.78 is 6.36. The number of ether oxygens (including phenoxy) is 1. The predicted octanol–water partition coefficient (Wildman–Crippen LogP) is 7.97. The minimum atomic E-state index is -0.264. The number of hydrazone groups is 1. The molecule has 1 aromatic heterocycles. The van der Waals surface area contributed by atoms with Crippen LogP contribution in [0.15, 0.2) is 113 Å². The van der Waals surface area contributed by atoms with Crippen LogP contribution in [0.1, 0.15) is 39.6 Å². The highest BCUT2D eigenvalue weighted by Crippen LogP contribution is 2.40. The van der Waals surface area contributed by atoms with Crippen LogP contribution in [0, 0.1) is 6.92 Å².